The SMILES string of the molecule is N#Cc1ccc(-c2cnc(F)c(O[C@H]3OC[C@@H](O)[C@H](O)[C@H]3O)c2)cc1. The molecular weight excluding hydrogens is 331 g/mol. The van der Waals surface area contributed by atoms with Crippen LogP contribution in [0.1, 0.15) is 5.56 Å². The molecule has 1 aromatic heterocycles. The molecule has 0 unspecified atom stereocenters. The molecule has 130 valence electrons. The molecule has 0 aliphatic carbocycles. The van der Waals surface area contributed by atoms with Crippen LogP contribution in [-0.4, -0.2) is 51.5 Å². The Balaban J connectivity index is 1.83. The van der Waals surface area contributed by atoms with Crippen molar-refractivity contribution in [3.8, 4) is 22.9 Å². The first-order chi connectivity index (χ1) is 12.0. The minimum atomic E-state index is -1.54. The third-order valence-corrected chi connectivity index (χ3v) is 3.85. The third kappa shape index (κ3) is 3.60. The molecule has 3 rings (SSSR count). The average molecular weight is 346 g/mol. The number of halogens is 1. The summed E-state index contributed by atoms with van der Waals surface area (Å²) < 4.78 is 24.3. The van der Waals surface area contributed by atoms with Gasteiger partial charge in [0, 0.05) is 11.8 Å². The van der Waals surface area contributed by atoms with E-state index in [1.54, 1.807) is 24.3 Å². The summed E-state index contributed by atoms with van der Waals surface area (Å²) in [5.41, 5.74) is 1.71. The largest absolute Gasteiger partial charge is 0.457 e. The Hall–Kier alpha value is -2.57. The van der Waals surface area contributed by atoms with E-state index < -0.39 is 30.5 Å². The van der Waals surface area contributed by atoms with Crippen molar-refractivity contribution in [2.24, 2.45) is 0 Å². The molecule has 1 aliphatic rings. The molecule has 4 atom stereocenters. The maximum atomic E-state index is 13.9. The molecule has 1 saturated heterocycles. The lowest BCUT2D eigenvalue weighted by Crippen LogP contribution is -2.54. The summed E-state index contributed by atoms with van der Waals surface area (Å²) in [6.45, 7) is -0.257. The van der Waals surface area contributed by atoms with E-state index in [1.807, 2.05) is 6.07 Å². The molecule has 8 heteroatoms. The van der Waals surface area contributed by atoms with Gasteiger partial charge in [0.15, 0.2) is 5.75 Å². The minimum absolute atomic E-state index is 0.257. The second kappa shape index (κ2) is 7.13. The van der Waals surface area contributed by atoms with Gasteiger partial charge in [-0.3, -0.25) is 0 Å². The summed E-state index contributed by atoms with van der Waals surface area (Å²) in [7, 11) is 0. The number of rotatable bonds is 3. The van der Waals surface area contributed by atoms with E-state index in [1.165, 1.54) is 12.3 Å². The number of nitrogens with zero attached hydrogens (tertiary/aromatic N) is 2. The van der Waals surface area contributed by atoms with E-state index in [4.69, 9.17) is 14.7 Å². The van der Waals surface area contributed by atoms with Crippen LogP contribution in [0.3, 0.4) is 0 Å². The van der Waals surface area contributed by atoms with Gasteiger partial charge in [0.25, 0.3) is 5.95 Å². The molecule has 0 bridgehead atoms. The lowest BCUT2D eigenvalue weighted by molar-refractivity contribution is -0.242. The van der Waals surface area contributed by atoms with E-state index in [0.717, 1.165) is 0 Å². The molecule has 0 amide bonds. The van der Waals surface area contributed by atoms with Crippen LogP contribution in [0.25, 0.3) is 11.1 Å². The van der Waals surface area contributed by atoms with Crippen molar-refractivity contribution in [2.75, 3.05) is 6.61 Å². The highest BCUT2D eigenvalue weighted by atomic mass is 19.1. The van der Waals surface area contributed by atoms with Gasteiger partial charge in [0.1, 0.15) is 18.3 Å². The summed E-state index contributed by atoms with van der Waals surface area (Å²) in [5, 5.41) is 37.8. The lowest BCUT2D eigenvalue weighted by Gasteiger charge is -2.34. The maximum absolute atomic E-state index is 13.9. The molecular formula is C17H15FN2O5. The summed E-state index contributed by atoms with van der Waals surface area (Å²) in [6.07, 6.45) is -4.28. The van der Waals surface area contributed by atoms with Crippen LogP contribution in [0.15, 0.2) is 36.5 Å². The summed E-state index contributed by atoms with van der Waals surface area (Å²) in [4.78, 5) is 3.62. The molecule has 1 aliphatic heterocycles. The molecule has 0 radical (unpaired) electrons. The molecule has 2 heterocycles. The summed E-state index contributed by atoms with van der Waals surface area (Å²) in [5.74, 6) is -1.18. The summed E-state index contributed by atoms with van der Waals surface area (Å²) in [6, 6.07) is 9.98. The topological polar surface area (TPSA) is 116 Å². The molecule has 1 fully saturated rings. The Morgan fingerprint density at radius 2 is 1.88 bits per heavy atom. The minimum Gasteiger partial charge on any atom is -0.457 e. The smallest absolute Gasteiger partial charge is 0.255 e. The van der Waals surface area contributed by atoms with Crippen molar-refractivity contribution in [1.82, 2.24) is 4.98 Å². The van der Waals surface area contributed by atoms with Crippen molar-refractivity contribution in [2.45, 2.75) is 24.6 Å². The normalized spacial score (nSPS) is 26.0. The standard InChI is InChI=1S/C17H15FN2O5/c18-16-13(25-17-15(23)14(22)12(21)8-24-17)5-11(7-20-16)10-3-1-9(6-19)2-4-10/h1-5,7,12,14-15,17,21-23H,8H2/t12-,14+,15-,17-/m1/s1. The predicted molar refractivity (Wildman–Crippen MR) is 82.7 cm³/mol. The van der Waals surface area contributed by atoms with Crippen molar-refractivity contribution < 1.29 is 29.2 Å². The van der Waals surface area contributed by atoms with Crippen LogP contribution in [0.4, 0.5) is 4.39 Å². The van der Waals surface area contributed by atoms with Crippen molar-refractivity contribution in [1.29, 1.82) is 5.26 Å². The van der Waals surface area contributed by atoms with E-state index in [9.17, 15) is 19.7 Å². The molecule has 0 saturated carbocycles. The average Bonchev–Trinajstić information content (AvgIpc) is 2.64. The van der Waals surface area contributed by atoms with Gasteiger partial charge >= 0.3 is 0 Å². The van der Waals surface area contributed by atoms with Crippen LogP contribution >= 0.6 is 0 Å². The number of aliphatic hydroxyl groups excluding tert-OH is 3. The third-order valence-electron chi connectivity index (χ3n) is 3.85. The highest BCUT2D eigenvalue weighted by molar-refractivity contribution is 5.64. The van der Waals surface area contributed by atoms with Gasteiger partial charge in [0.2, 0.25) is 6.29 Å². The van der Waals surface area contributed by atoms with Crippen LogP contribution in [-0.2, 0) is 4.74 Å². The Labute approximate surface area is 142 Å². The van der Waals surface area contributed by atoms with E-state index >= 15 is 0 Å². The number of nitriles is 1. The fraction of sp³-hybridized carbons (Fsp3) is 0.294. The highest BCUT2D eigenvalue weighted by Gasteiger charge is 2.39. The van der Waals surface area contributed by atoms with Gasteiger partial charge in [-0.05, 0) is 23.8 Å². The maximum Gasteiger partial charge on any atom is 0.255 e. The molecule has 2 aromatic rings. The van der Waals surface area contributed by atoms with Crippen molar-refractivity contribution in [3.63, 3.8) is 0 Å². The fourth-order valence-electron chi connectivity index (χ4n) is 2.41. The van der Waals surface area contributed by atoms with E-state index in [2.05, 4.69) is 4.98 Å². The number of aliphatic hydroxyl groups is 3. The van der Waals surface area contributed by atoms with Crippen LogP contribution in [0, 0.1) is 17.3 Å². The Morgan fingerprint density at radius 1 is 1.16 bits per heavy atom. The first kappa shape index (κ1) is 17.3. The molecule has 25 heavy (non-hydrogen) atoms. The number of ether oxygens (including phenoxy) is 2. The van der Waals surface area contributed by atoms with Gasteiger partial charge in [-0.1, -0.05) is 12.1 Å². The molecule has 0 spiro atoms. The first-order valence-corrected chi connectivity index (χ1v) is 7.48. The van der Waals surface area contributed by atoms with Gasteiger partial charge in [-0.15, -0.1) is 0 Å². The van der Waals surface area contributed by atoms with Crippen LogP contribution < -0.4 is 4.74 Å². The first-order valence-electron chi connectivity index (χ1n) is 7.48. The van der Waals surface area contributed by atoms with Crippen molar-refractivity contribution in [3.05, 3.63) is 48.0 Å². The highest BCUT2D eigenvalue weighted by Crippen LogP contribution is 2.27. The monoisotopic (exact) mass is 346 g/mol. The van der Waals surface area contributed by atoms with Gasteiger partial charge in [-0.2, -0.15) is 9.65 Å². The second-order valence-electron chi connectivity index (χ2n) is 5.57. The number of hydrogen-bond acceptors (Lipinski definition) is 7. The Bertz CT molecular complexity index is 793. The molecule has 1 aromatic carbocycles. The van der Waals surface area contributed by atoms with Gasteiger partial charge in [0.05, 0.1) is 18.2 Å². The molecule has 3 N–H and O–H groups in total. The van der Waals surface area contributed by atoms with Crippen LogP contribution in [0.2, 0.25) is 0 Å². The second-order valence-corrected chi connectivity index (χ2v) is 5.57. The quantitative estimate of drug-likeness (QED) is 0.696. The zero-order valence-electron chi connectivity index (χ0n) is 12.9. The molecule has 7 nitrogen and oxygen atoms in total. The zero-order chi connectivity index (χ0) is 18.0. The number of pyridine rings is 1. The Kier molecular flexibility index (Phi) is 4.92. The van der Waals surface area contributed by atoms with E-state index in [0.29, 0.717) is 16.7 Å². The van der Waals surface area contributed by atoms with E-state index in [-0.39, 0.29) is 12.4 Å². The lowest BCUT2D eigenvalue weighted by atomic mass is 10.1. The van der Waals surface area contributed by atoms with Crippen molar-refractivity contribution >= 4 is 0 Å². The number of aromatic nitrogens is 1. The van der Waals surface area contributed by atoms with Gasteiger partial charge < -0.3 is 24.8 Å². The Morgan fingerprint density at radius 3 is 2.56 bits per heavy atom. The number of benzene rings is 1. The fourth-order valence-corrected chi connectivity index (χ4v) is 2.41. The summed E-state index contributed by atoms with van der Waals surface area (Å²) >= 11 is 0. The van der Waals surface area contributed by atoms with Crippen LogP contribution in [0.5, 0.6) is 5.75 Å². The predicted octanol–water partition coefficient (Wildman–Crippen LogP) is 0.577. The number of hydrogen-bond donors (Lipinski definition) is 3. The zero-order valence-corrected chi connectivity index (χ0v) is 12.9. The van der Waals surface area contributed by atoms with Gasteiger partial charge in [-0.25, -0.2) is 4.98 Å².